The van der Waals surface area contributed by atoms with Crippen molar-refractivity contribution < 1.29 is 4.79 Å². The molecule has 0 aliphatic carbocycles. The Morgan fingerprint density at radius 3 is 3.27 bits per heavy atom. The lowest BCUT2D eigenvalue weighted by Gasteiger charge is -2.28. The van der Waals surface area contributed by atoms with Gasteiger partial charge in [-0.2, -0.15) is 0 Å². The molecule has 1 aromatic rings. The van der Waals surface area contributed by atoms with Gasteiger partial charge in [-0.05, 0) is 29.9 Å². The number of halogens is 1. The van der Waals surface area contributed by atoms with E-state index in [9.17, 15) is 4.79 Å². The van der Waals surface area contributed by atoms with E-state index in [-0.39, 0.29) is 11.3 Å². The van der Waals surface area contributed by atoms with Gasteiger partial charge in [0.05, 0.1) is 0 Å². The highest BCUT2D eigenvalue weighted by Crippen LogP contribution is 2.25. The summed E-state index contributed by atoms with van der Waals surface area (Å²) >= 11 is 7.74. The molecule has 1 aliphatic heterocycles. The van der Waals surface area contributed by atoms with Crippen LogP contribution in [-0.4, -0.2) is 22.7 Å². The van der Waals surface area contributed by atoms with Crippen molar-refractivity contribution in [3.8, 4) is 0 Å². The second-order valence-electron chi connectivity index (χ2n) is 3.75. The minimum Gasteiger partial charge on any atom is -0.337 e. The van der Waals surface area contributed by atoms with Gasteiger partial charge in [0, 0.05) is 18.0 Å². The number of thiophene rings is 1. The van der Waals surface area contributed by atoms with Crippen LogP contribution in [0.25, 0.3) is 0 Å². The van der Waals surface area contributed by atoms with Crippen LogP contribution in [0.5, 0.6) is 0 Å². The highest BCUT2D eigenvalue weighted by molar-refractivity contribution is 7.10. The number of hydrogen-bond donors (Lipinski definition) is 0. The fourth-order valence-corrected chi connectivity index (χ4v) is 2.84. The molecule has 0 N–H and O–H groups in total. The van der Waals surface area contributed by atoms with Gasteiger partial charge in [0.2, 0.25) is 5.91 Å². The molecule has 0 aromatic carbocycles. The number of hydrogen-bond acceptors (Lipinski definition) is 2. The highest BCUT2D eigenvalue weighted by atomic mass is 35.5. The van der Waals surface area contributed by atoms with Crippen molar-refractivity contribution in [2.75, 3.05) is 6.54 Å². The number of nitrogens with zero attached hydrogens (tertiary/aromatic N) is 1. The van der Waals surface area contributed by atoms with Crippen LogP contribution >= 0.6 is 22.9 Å². The van der Waals surface area contributed by atoms with E-state index < -0.39 is 0 Å². The molecule has 0 saturated carbocycles. The summed E-state index contributed by atoms with van der Waals surface area (Å²) in [6.45, 7) is 3.49. The van der Waals surface area contributed by atoms with E-state index in [1.54, 1.807) is 11.3 Å². The van der Waals surface area contributed by atoms with Gasteiger partial charge in [0.25, 0.3) is 0 Å². The summed E-state index contributed by atoms with van der Waals surface area (Å²) in [5.41, 5.74) is 1.29. The summed E-state index contributed by atoms with van der Waals surface area (Å²) in [6.07, 6.45) is 1.68. The molecule has 2 rings (SSSR count). The molecule has 4 heteroatoms. The third kappa shape index (κ3) is 2.18. The van der Waals surface area contributed by atoms with Crippen LogP contribution in [0.1, 0.15) is 23.8 Å². The molecule has 0 radical (unpaired) electrons. The van der Waals surface area contributed by atoms with Crippen LogP contribution in [0, 0.1) is 0 Å². The van der Waals surface area contributed by atoms with Crippen LogP contribution in [0.4, 0.5) is 0 Å². The Morgan fingerprint density at radius 2 is 2.53 bits per heavy atom. The second kappa shape index (κ2) is 4.54. The van der Waals surface area contributed by atoms with Crippen molar-refractivity contribution in [3.05, 3.63) is 21.9 Å². The molecule has 0 saturated heterocycles. The van der Waals surface area contributed by atoms with E-state index in [0.29, 0.717) is 6.42 Å². The molecule has 2 heterocycles. The molecule has 1 aliphatic rings. The minimum atomic E-state index is -0.356. The number of alkyl halides is 1. The zero-order chi connectivity index (χ0) is 10.8. The van der Waals surface area contributed by atoms with Gasteiger partial charge in [-0.15, -0.1) is 22.9 Å². The standard InChI is InChI=1S/C11H14ClNOS/c1-2-9(12)11(14)13-5-3-10-8(7-13)4-6-15-10/h4,6,9H,2-3,5,7H2,1H3/t9-/m1/s1. The quantitative estimate of drug-likeness (QED) is 0.732. The van der Waals surface area contributed by atoms with Crippen LogP contribution in [0.3, 0.4) is 0 Å². The molecule has 1 atom stereocenters. The highest BCUT2D eigenvalue weighted by Gasteiger charge is 2.25. The molecule has 15 heavy (non-hydrogen) atoms. The summed E-state index contributed by atoms with van der Waals surface area (Å²) in [5, 5.41) is 1.74. The second-order valence-corrected chi connectivity index (χ2v) is 5.28. The molecule has 1 aromatic heterocycles. The van der Waals surface area contributed by atoms with Crippen LogP contribution in [0.2, 0.25) is 0 Å². The van der Waals surface area contributed by atoms with Gasteiger partial charge < -0.3 is 4.90 Å². The van der Waals surface area contributed by atoms with Gasteiger partial charge in [-0.25, -0.2) is 0 Å². The van der Waals surface area contributed by atoms with E-state index in [1.807, 2.05) is 11.8 Å². The van der Waals surface area contributed by atoms with Gasteiger partial charge >= 0.3 is 0 Å². The molecule has 0 bridgehead atoms. The smallest absolute Gasteiger partial charge is 0.240 e. The first-order valence-corrected chi connectivity index (χ1v) is 6.52. The maximum atomic E-state index is 11.9. The number of carbonyl (C=O) groups is 1. The number of carbonyl (C=O) groups excluding carboxylic acids is 1. The van der Waals surface area contributed by atoms with Crippen molar-refractivity contribution in [2.24, 2.45) is 0 Å². The van der Waals surface area contributed by atoms with Crippen LogP contribution in [-0.2, 0) is 17.8 Å². The summed E-state index contributed by atoms with van der Waals surface area (Å²) in [6, 6.07) is 2.11. The Morgan fingerprint density at radius 1 is 1.73 bits per heavy atom. The number of fused-ring (bicyclic) bond motifs is 1. The molecule has 0 fully saturated rings. The van der Waals surface area contributed by atoms with Crippen molar-refractivity contribution in [1.29, 1.82) is 0 Å². The molecule has 1 amide bonds. The average Bonchev–Trinajstić information content (AvgIpc) is 2.73. The van der Waals surface area contributed by atoms with E-state index in [1.165, 1.54) is 10.4 Å². The Kier molecular flexibility index (Phi) is 3.32. The van der Waals surface area contributed by atoms with Crippen molar-refractivity contribution >= 4 is 28.8 Å². The maximum absolute atomic E-state index is 11.9. The van der Waals surface area contributed by atoms with Crippen molar-refractivity contribution in [3.63, 3.8) is 0 Å². The number of amides is 1. The first-order chi connectivity index (χ1) is 7.22. The monoisotopic (exact) mass is 243 g/mol. The van der Waals surface area contributed by atoms with Crippen molar-refractivity contribution in [2.45, 2.75) is 31.7 Å². The lowest BCUT2D eigenvalue weighted by molar-refractivity contribution is -0.131. The Labute approximate surface area is 98.8 Å². The largest absolute Gasteiger partial charge is 0.337 e. The molecular weight excluding hydrogens is 230 g/mol. The van der Waals surface area contributed by atoms with Gasteiger partial charge in [0.1, 0.15) is 5.38 Å². The Hall–Kier alpha value is -0.540. The fourth-order valence-electron chi connectivity index (χ4n) is 1.81. The van der Waals surface area contributed by atoms with E-state index >= 15 is 0 Å². The summed E-state index contributed by atoms with van der Waals surface area (Å²) in [4.78, 5) is 15.1. The normalized spacial score (nSPS) is 17.3. The average molecular weight is 244 g/mol. The number of rotatable bonds is 2. The molecular formula is C11H14ClNOS. The van der Waals surface area contributed by atoms with Crippen LogP contribution < -0.4 is 0 Å². The zero-order valence-electron chi connectivity index (χ0n) is 8.70. The third-order valence-electron chi connectivity index (χ3n) is 2.75. The van der Waals surface area contributed by atoms with E-state index in [4.69, 9.17) is 11.6 Å². The Bertz CT molecular complexity index is 363. The molecule has 2 nitrogen and oxygen atoms in total. The lowest BCUT2D eigenvalue weighted by atomic mass is 10.1. The third-order valence-corrected chi connectivity index (χ3v) is 4.26. The topological polar surface area (TPSA) is 20.3 Å². The Balaban J connectivity index is 2.06. The zero-order valence-corrected chi connectivity index (χ0v) is 10.3. The van der Waals surface area contributed by atoms with E-state index in [2.05, 4.69) is 11.4 Å². The predicted molar refractivity (Wildman–Crippen MR) is 63.4 cm³/mol. The lowest BCUT2D eigenvalue weighted by Crippen LogP contribution is -2.39. The fraction of sp³-hybridized carbons (Fsp3) is 0.545. The summed E-state index contributed by atoms with van der Waals surface area (Å²) in [7, 11) is 0. The predicted octanol–water partition coefficient (Wildman–Crippen LogP) is 2.65. The maximum Gasteiger partial charge on any atom is 0.240 e. The minimum absolute atomic E-state index is 0.0796. The van der Waals surface area contributed by atoms with Crippen LogP contribution in [0.15, 0.2) is 11.4 Å². The SMILES string of the molecule is CC[C@@H](Cl)C(=O)N1CCc2sccc2C1. The van der Waals surface area contributed by atoms with Gasteiger partial charge in [-0.1, -0.05) is 6.92 Å². The van der Waals surface area contributed by atoms with Gasteiger partial charge in [-0.3, -0.25) is 4.79 Å². The summed E-state index contributed by atoms with van der Waals surface area (Å²) in [5.74, 6) is 0.0796. The first-order valence-electron chi connectivity index (χ1n) is 5.20. The molecule has 0 unspecified atom stereocenters. The van der Waals surface area contributed by atoms with E-state index in [0.717, 1.165) is 19.5 Å². The first kappa shape index (κ1) is 11.0. The summed E-state index contributed by atoms with van der Waals surface area (Å²) < 4.78 is 0. The van der Waals surface area contributed by atoms with Crippen molar-refractivity contribution in [1.82, 2.24) is 4.90 Å². The molecule has 0 spiro atoms. The molecule has 82 valence electrons. The van der Waals surface area contributed by atoms with Gasteiger partial charge in [0.15, 0.2) is 0 Å².